The van der Waals surface area contributed by atoms with E-state index in [1.54, 1.807) is 18.3 Å². The molecule has 0 saturated carbocycles. The molecule has 0 saturated heterocycles. The average Bonchev–Trinajstić information content (AvgIpc) is 2.74. The summed E-state index contributed by atoms with van der Waals surface area (Å²) in [6.45, 7) is 4.27. The number of benzene rings is 1. The SMILES string of the molecule is C=CCNc1nccn1-c1ccc(F)cc1I. The molecule has 0 aliphatic rings. The first kappa shape index (κ1) is 12.1. The summed E-state index contributed by atoms with van der Waals surface area (Å²) >= 11 is 2.10. The first-order chi connectivity index (χ1) is 8.22. The van der Waals surface area contributed by atoms with Crippen molar-refractivity contribution >= 4 is 28.5 Å². The first-order valence-electron chi connectivity index (χ1n) is 5.06. The van der Waals surface area contributed by atoms with E-state index in [9.17, 15) is 4.39 Å². The van der Waals surface area contributed by atoms with Crippen LogP contribution in [-0.4, -0.2) is 16.1 Å². The number of anilines is 1. The van der Waals surface area contributed by atoms with Crippen LogP contribution in [0.3, 0.4) is 0 Å². The summed E-state index contributed by atoms with van der Waals surface area (Å²) in [6.07, 6.45) is 5.29. The number of nitrogens with zero attached hydrogens (tertiary/aromatic N) is 2. The van der Waals surface area contributed by atoms with Crippen molar-refractivity contribution in [1.29, 1.82) is 0 Å². The number of hydrogen-bond acceptors (Lipinski definition) is 2. The second kappa shape index (κ2) is 5.31. The molecule has 0 aliphatic heterocycles. The molecule has 1 N–H and O–H groups in total. The van der Waals surface area contributed by atoms with Gasteiger partial charge in [0, 0.05) is 22.5 Å². The Hall–Kier alpha value is -1.37. The average molecular weight is 343 g/mol. The largest absolute Gasteiger partial charge is 0.352 e. The third-order valence-electron chi connectivity index (χ3n) is 2.21. The van der Waals surface area contributed by atoms with Gasteiger partial charge < -0.3 is 5.32 Å². The maximum Gasteiger partial charge on any atom is 0.207 e. The molecule has 1 aromatic heterocycles. The second-order valence-electron chi connectivity index (χ2n) is 3.39. The van der Waals surface area contributed by atoms with Crippen LogP contribution in [0.5, 0.6) is 0 Å². The van der Waals surface area contributed by atoms with Gasteiger partial charge in [0.2, 0.25) is 5.95 Å². The molecule has 0 spiro atoms. The highest BCUT2D eigenvalue weighted by Gasteiger charge is 2.07. The highest BCUT2D eigenvalue weighted by molar-refractivity contribution is 14.1. The van der Waals surface area contributed by atoms with Gasteiger partial charge in [-0.3, -0.25) is 4.57 Å². The van der Waals surface area contributed by atoms with Gasteiger partial charge in [0.15, 0.2) is 0 Å². The van der Waals surface area contributed by atoms with Crippen LogP contribution in [-0.2, 0) is 0 Å². The third kappa shape index (κ3) is 2.66. The van der Waals surface area contributed by atoms with Crippen molar-refractivity contribution in [1.82, 2.24) is 9.55 Å². The summed E-state index contributed by atoms with van der Waals surface area (Å²) in [5.41, 5.74) is 0.899. The van der Waals surface area contributed by atoms with Crippen molar-refractivity contribution in [2.45, 2.75) is 0 Å². The molecule has 88 valence electrons. The minimum atomic E-state index is -0.237. The van der Waals surface area contributed by atoms with E-state index in [0.29, 0.717) is 6.54 Å². The highest BCUT2D eigenvalue weighted by atomic mass is 127. The zero-order valence-electron chi connectivity index (χ0n) is 9.03. The lowest BCUT2D eigenvalue weighted by Crippen LogP contribution is -2.06. The molecule has 2 aromatic rings. The van der Waals surface area contributed by atoms with Crippen LogP contribution in [0.25, 0.3) is 5.69 Å². The molecule has 17 heavy (non-hydrogen) atoms. The van der Waals surface area contributed by atoms with E-state index in [0.717, 1.165) is 15.2 Å². The second-order valence-corrected chi connectivity index (χ2v) is 4.55. The van der Waals surface area contributed by atoms with Gasteiger partial charge in [0.25, 0.3) is 0 Å². The van der Waals surface area contributed by atoms with E-state index in [1.807, 2.05) is 10.8 Å². The zero-order valence-corrected chi connectivity index (χ0v) is 11.2. The molecule has 0 amide bonds. The lowest BCUT2D eigenvalue weighted by atomic mass is 10.3. The van der Waals surface area contributed by atoms with Crippen LogP contribution < -0.4 is 5.32 Å². The normalized spacial score (nSPS) is 10.2. The Morgan fingerprint density at radius 2 is 2.35 bits per heavy atom. The molecule has 1 aromatic carbocycles. The van der Waals surface area contributed by atoms with Crippen LogP contribution in [0.2, 0.25) is 0 Å². The maximum atomic E-state index is 13.0. The fourth-order valence-electron chi connectivity index (χ4n) is 1.47. The Kier molecular flexibility index (Phi) is 3.78. The van der Waals surface area contributed by atoms with Gasteiger partial charge in [0.1, 0.15) is 5.82 Å². The molecular formula is C12H11FIN3. The molecule has 2 rings (SSSR count). The molecule has 0 fully saturated rings. The van der Waals surface area contributed by atoms with Crippen molar-refractivity contribution in [2.24, 2.45) is 0 Å². The predicted octanol–water partition coefficient (Wildman–Crippen LogP) is 3.21. The van der Waals surface area contributed by atoms with E-state index in [4.69, 9.17) is 0 Å². The Balaban J connectivity index is 2.38. The Labute approximate surface area is 113 Å². The number of halogens is 2. The van der Waals surface area contributed by atoms with Crippen molar-refractivity contribution in [3.63, 3.8) is 0 Å². The van der Waals surface area contributed by atoms with E-state index in [-0.39, 0.29) is 5.82 Å². The number of aromatic nitrogens is 2. The van der Waals surface area contributed by atoms with Gasteiger partial charge in [-0.25, -0.2) is 9.37 Å². The smallest absolute Gasteiger partial charge is 0.207 e. The first-order valence-corrected chi connectivity index (χ1v) is 6.14. The summed E-state index contributed by atoms with van der Waals surface area (Å²) in [5.74, 6) is 0.480. The predicted molar refractivity (Wildman–Crippen MR) is 74.9 cm³/mol. The molecule has 3 nitrogen and oxygen atoms in total. The van der Waals surface area contributed by atoms with Gasteiger partial charge in [-0.05, 0) is 40.8 Å². The van der Waals surface area contributed by atoms with Crippen molar-refractivity contribution < 1.29 is 4.39 Å². The maximum absolute atomic E-state index is 13.0. The number of hydrogen-bond donors (Lipinski definition) is 1. The monoisotopic (exact) mass is 343 g/mol. The number of rotatable bonds is 4. The van der Waals surface area contributed by atoms with Crippen molar-refractivity contribution in [3.8, 4) is 5.69 Å². The van der Waals surface area contributed by atoms with Crippen molar-refractivity contribution in [3.05, 3.63) is 52.6 Å². The van der Waals surface area contributed by atoms with Gasteiger partial charge in [0.05, 0.1) is 5.69 Å². The minimum absolute atomic E-state index is 0.237. The molecule has 0 aliphatic carbocycles. The number of nitrogens with one attached hydrogen (secondary N) is 1. The Bertz CT molecular complexity index is 536. The van der Waals surface area contributed by atoms with Gasteiger partial charge in [-0.2, -0.15) is 0 Å². The summed E-state index contributed by atoms with van der Waals surface area (Å²) in [4.78, 5) is 4.20. The van der Waals surface area contributed by atoms with Gasteiger partial charge in [-0.15, -0.1) is 6.58 Å². The van der Waals surface area contributed by atoms with Crippen LogP contribution >= 0.6 is 22.6 Å². The molecule has 0 unspecified atom stereocenters. The summed E-state index contributed by atoms with van der Waals surface area (Å²) in [5, 5.41) is 3.12. The molecular weight excluding hydrogens is 332 g/mol. The summed E-state index contributed by atoms with van der Waals surface area (Å²) < 4.78 is 15.7. The van der Waals surface area contributed by atoms with E-state index in [1.165, 1.54) is 12.1 Å². The van der Waals surface area contributed by atoms with Crippen LogP contribution in [0, 0.1) is 9.39 Å². The molecule has 0 atom stereocenters. The number of imidazole rings is 1. The highest BCUT2D eigenvalue weighted by Crippen LogP contribution is 2.21. The van der Waals surface area contributed by atoms with Crippen LogP contribution in [0.15, 0.2) is 43.2 Å². The lowest BCUT2D eigenvalue weighted by Gasteiger charge is -2.10. The Morgan fingerprint density at radius 3 is 3.06 bits per heavy atom. The minimum Gasteiger partial charge on any atom is -0.352 e. The fourth-order valence-corrected chi connectivity index (χ4v) is 2.21. The van der Waals surface area contributed by atoms with Crippen LogP contribution in [0.1, 0.15) is 0 Å². The molecule has 0 bridgehead atoms. The van der Waals surface area contributed by atoms with Crippen LogP contribution in [0.4, 0.5) is 10.3 Å². The standard InChI is InChI=1S/C12H11FIN3/c1-2-5-15-12-16-6-7-17(12)11-4-3-9(13)8-10(11)14/h2-4,6-8H,1,5H2,(H,15,16). The lowest BCUT2D eigenvalue weighted by molar-refractivity contribution is 0.626. The zero-order chi connectivity index (χ0) is 12.3. The molecule has 1 heterocycles. The van der Waals surface area contributed by atoms with E-state index < -0.39 is 0 Å². The van der Waals surface area contributed by atoms with Gasteiger partial charge in [-0.1, -0.05) is 6.08 Å². The Morgan fingerprint density at radius 1 is 1.53 bits per heavy atom. The molecule has 5 heteroatoms. The quantitative estimate of drug-likeness (QED) is 0.683. The van der Waals surface area contributed by atoms with E-state index in [2.05, 4.69) is 39.5 Å². The topological polar surface area (TPSA) is 29.9 Å². The summed E-state index contributed by atoms with van der Waals surface area (Å²) in [6, 6.07) is 4.67. The van der Waals surface area contributed by atoms with Crippen molar-refractivity contribution in [2.75, 3.05) is 11.9 Å². The molecule has 0 radical (unpaired) electrons. The fraction of sp³-hybridized carbons (Fsp3) is 0.0833. The van der Waals surface area contributed by atoms with Gasteiger partial charge >= 0.3 is 0 Å². The third-order valence-corrected chi connectivity index (χ3v) is 3.08. The summed E-state index contributed by atoms with van der Waals surface area (Å²) in [7, 11) is 0. The van der Waals surface area contributed by atoms with E-state index >= 15 is 0 Å².